The minimum atomic E-state index is 0.493. The zero-order chi connectivity index (χ0) is 13.0. The van der Waals surface area contributed by atoms with Crippen LogP contribution in [0.3, 0.4) is 0 Å². The van der Waals surface area contributed by atoms with E-state index < -0.39 is 0 Å². The lowest BCUT2D eigenvalue weighted by Gasteiger charge is -2.28. The van der Waals surface area contributed by atoms with Gasteiger partial charge in [0.25, 0.3) is 0 Å². The number of hydrogen-bond acceptors (Lipinski definition) is 3. The Bertz CT molecular complexity index is 245. The van der Waals surface area contributed by atoms with Gasteiger partial charge in [0.2, 0.25) is 0 Å². The van der Waals surface area contributed by atoms with E-state index in [1.165, 1.54) is 45.3 Å². The Morgan fingerprint density at radius 1 is 1.28 bits per heavy atom. The van der Waals surface area contributed by atoms with Crippen LogP contribution in [0.5, 0.6) is 0 Å². The van der Waals surface area contributed by atoms with Crippen LogP contribution in [-0.2, 0) is 4.74 Å². The number of methoxy groups -OCH3 is 1. The van der Waals surface area contributed by atoms with Crippen molar-refractivity contribution in [3.8, 4) is 0 Å². The smallest absolute Gasteiger partial charge is 0.0726 e. The average Bonchev–Trinajstić information content (AvgIpc) is 2.95. The molecule has 3 atom stereocenters. The van der Waals surface area contributed by atoms with Crippen molar-refractivity contribution in [2.45, 2.75) is 51.7 Å². The van der Waals surface area contributed by atoms with E-state index in [2.05, 4.69) is 24.1 Å². The van der Waals surface area contributed by atoms with E-state index in [0.717, 1.165) is 18.4 Å². The van der Waals surface area contributed by atoms with Crippen molar-refractivity contribution in [2.75, 3.05) is 33.3 Å². The average molecular weight is 254 g/mol. The molecule has 2 rings (SSSR count). The van der Waals surface area contributed by atoms with Crippen LogP contribution in [0, 0.1) is 11.8 Å². The summed E-state index contributed by atoms with van der Waals surface area (Å²) in [6.45, 7) is 9.44. The number of hydrogen-bond donors (Lipinski definition) is 1. The number of nitrogens with zero attached hydrogens (tertiary/aromatic N) is 1. The lowest BCUT2D eigenvalue weighted by atomic mass is 10.1. The Balaban J connectivity index is 1.71. The molecule has 1 aliphatic carbocycles. The Morgan fingerprint density at radius 2 is 2.11 bits per heavy atom. The van der Waals surface area contributed by atoms with Gasteiger partial charge in [-0.25, -0.2) is 0 Å². The number of ether oxygens (including phenoxy) is 1. The Labute approximate surface area is 112 Å². The zero-order valence-corrected chi connectivity index (χ0v) is 12.3. The van der Waals surface area contributed by atoms with Gasteiger partial charge >= 0.3 is 0 Å². The van der Waals surface area contributed by atoms with Crippen molar-refractivity contribution in [3.63, 3.8) is 0 Å². The van der Waals surface area contributed by atoms with Gasteiger partial charge in [-0.05, 0) is 57.2 Å². The van der Waals surface area contributed by atoms with Crippen molar-refractivity contribution < 1.29 is 4.74 Å². The fourth-order valence-electron chi connectivity index (χ4n) is 3.51. The molecule has 3 nitrogen and oxygen atoms in total. The molecule has 1 N–H and O–H groups in total. The van der Waals surface area contributed by atoms with Crippen LogP contribution in [0.1, 0.15) is 39.5 Å². The van der Waals surface area contributed by atoms with E-state index in [0.29, 0.717) is 12.1 Å². The van der Waals surface area contributed by atoms with Crippen LogP contribution in [0.4, 0.5) is 0 Å². The van der Waals surface area contributed by atoms with E-state index in [4.69, 9.17) is 4.74 Å². The summed E-state index contributed by atoms with van der Waals surface area (Å²) in [7, 11) is 1.88. The summed E-state index contributed by atoms with van der Waals surface area (Å²) in [4.78, 5) is 2.68. The molecule has 2 aliphatic rings. The molecule has 0 aromatic carbocycles. The van der Waals surface area contributed by atoms with Crippen LogP contribution in [0.15, 0.2) is 0 Å². The van der Waals surface area contributed by atoms with E-state index in [9.17, 15) is 0 Å². The topological polar surface area (TPSA) is 24.5 Å². The van der Waals surface area contributed by atoms with Crippen LogP contribution >= 0.6 is 0 Å². The molecule has 3 unspecified atom stereocenters. The molecule has 106 valence electrons. The molecule has 0 bridgehead atoms. The summed E-state index contributed by atoms with van der Waals surface area (Å²) in [6.07, 6.45) is 5.79. The van der Waals surface area contributed by atoms with E-state index in [1.807, 2.05) is 7.11 Å². The second kappa shape index (κ2) is 6.88. The van der Waals surface area contributed by atoms with Crippen LogP contribution in [0.25, 0.3) is 0 Å². The normalized spacial score (nSPS) is 33.7. The summed E-state index contributed by atoms with van der Waals surface area (Å²) in [5.41, 5.74) is 0. The molecule has 1 saturated heterocycles. The maximum absolute atomic E-state index is 5.63. The molecular formula is C15H30N2O. The lowest BCUT2D eigenvalue weighted by molar-refractivity contribution is 0.0409. The minimum Gasteiger partial charge on any atom is -0.380 e. The summed E-state index contributed by atoms with van der Waals surface area (Å²) in [5, 5.41) is 3.61. The predicted molar refractivity (Wildman–Crippen MR) is 75.8 cm³/mol. The van der Waals surface area contributed by atoms with Crippen molar-refractivity contribution in [1.29, 1.82) is 0 Å². The van der Waals surface area contributed by atoms with Crippen molar-refractivity contribution in [3.05, 3.63) is 0 Å². The Kier molecular flexibility index (Phi) is 5.46. The van der Waals surface area contributed by atoms with Gasteiger partial charge in [-0.2, -0.15) is 0 Å². The second-order valence-corrected chi connectivity index (χ2v) is 6.47. The SMILES string of the molecule is COC1CCCC1N1CCC(CNCC(C)C)C1. The van der Waals surface area contributed by atoms with Gasteiger partial charge in [0.1, 0.15) is 0 Å². The van der Waals surface area contributed by atoms with Gasteiger partial charge in [0.05, 0.1) is 6.10 Å². The summed E-state index contributed by atoms with van der Waals surface area (Å²) >= 11 is 0. The second-order valence-electron chi connectivity index (χ2n) is 6.47. The molecular weight excluding hydrogens is 224 g/mol. The lowest BCUT2D eigenvalue weighted by Crippen LogP contribution is -2.40. The number of rotatable bonds is 6. The molecule has 0 aromatic heterocycles. The first-order chi connectivity index (χ1) is 8.70. The van der Waals surface area contributed by atoms with Crippen molar-refractivity contribution >= 4 is 0 Å². The quantitative estimate of drug-likeness (QED) is 0.786. The first-order valence-corrected chi connectivity index (χ1v) is 7.68. The van der Waals surface area contributed by atoms with E-state index in [-0.39, 0.29) is 0 Å². The van der Waals surface area contributed by atoms with E-state index >= 15 is 0 Å². The summed E-state index contributed by atoms with van der Waals surface area (Å²) in [6, 6.07) is 0.699. The largest absolute Gasteiger partial charge is 0.380 e. The first-order valence-electron chi connectivity index (χ1n) is 7.68. The highest BCUT2D eigenvalue weighted by Gasteiger charge is 2.35. The van der Waals surface area contributed by atoms with E-state index in [1.54, 1.807) is 0 Å². The predicted octanol–water partition coefficient (Wildman–Crippen LogP) is 2.12. The third kappa shape index (κ3) is 3.69. The maximum Gasteiger partial charge on any atom is 0.0726 e. The third-order valence-electron chi connectivity index (χ3n) is 4.49. The third-order valence-corrected chi connectivity index (χ3v) is 4.49. The van der Waals surface area contributed by atoms with Gasteiger partial charge in [-0.15, -0.1) is 0 Å². The molecule has 2 fully saturated rings. The highest BCUT2D eigenvalue weighted by atomic mass is 16.5. The molecule has 3 heteroatoms. The first kappa shape index (κ1) is 14.3. The molecule has 1 heterocycles. The van der Waals surface area contributed by atoms with Crippen LogP contribution in [-0.4, -0.2) is 50.3 Å². The Hall–Kier alpha value is -0.120. The van der Waals surface area contributed by atoms with Gasteiger partial charge in [-0.3, -0.25) is 4.90 Å². The van der Waals surface area contributed by atoms with Gasteiger partial charge in [-0.1, -0.05) is 13.8 Å². The zero-order valence-electron chi connectivity index (χ0n) is 12.3. The van der Waals surface area contributed by atoms with Crippen LogP contribution < -0.4 is 5.32 Å². The van der Waals surface area contributed by atoms with Crippen molar-refractivity contribution in [2.24, 2.45) is 11.8 Å². The van der Waals surface area contributed by atoms with Gasteiger partial charge in [0, 0.05) is 19.7 Å². The van der Waals surface area contributed by atoms with Gasteiger partial charge in [0.15, 0.2) is 0 Å². The molecule has 18 heavy (non-hydrogen) atoms. The molecule has 0 radical (unpaired) electrons. The summed E-state index contributed by atoms with van der Waals surface area (Å²) < 4.78 is 5.63. The molecule has 0 amide bonds. The van der Waals surface area contributed by atoms with Crippen molar-refractivity contribution in [1.82, 2.24) is 10.2 Å². The Morgan fingerprint density at radius 3 is 2.83 bits per heavy atom. The molecule has 0 spiro atoms. The fourth-order valence-corrected chi connectivity index (χ4v) is 3.51. The molecule has 1 saturated carbocycles. The number of likely N-dealkylation sites (tertiary alicyclic amines) is 1. The standard InChI is InChI=1S/C15H30N2O/c1-12(2)9-16-10-13-7-8-17(11-13)14-5-4-6-15(14)18-3/h12-16H,4-11H2,1-3H3. The fraction of sp³-hybridized carbons (Fsp3) is 1.00. The highest BCUT2D eigenvalue weighted by molar-refractivity contribution is 4.90. The van der Waals surface area contributed by atoms with Crippen LogP contribution in [0.2, 0.25) is 0 Å². The molecule has 1 aliphatic heterocycles. The van der Waals surface area contributed by atoms with Gasteiger partial charge < -0.3 is 10.1 Å². The summed E-state index contributed by atoms with van der Waals surface area (Å²) in [5.74, 6) is 1.61. The maximum atomic E-state index is 5.63. The molecule has 0 aromatic rings. The highest BCUT2D eigenvalue weighted by Crippen LogP contribution is 2.30. The monoisotopic (exact) mass is 254 g/mol. The minimum absolute atomic E-state index is 0.493. The number of nitrogens with one attached hydrogen (secondary N) is 1.